The summed E-state index contributed by atoms with van der Waals surface area (Å²) in [6, 6.07) is 3.04. The molecular formula is C17H20Cl2N4O4. The molecule has 2 atom stereocenters. The molecule has 1 aromatic rings. The average Bonchev–Trinajstić information content (AvgIpc) is 2.78. The number of hydrogen-bond donors (Lipinski definition) is 3. The Balaban J connectivity index is 2.14. The molecule has 0 saturated carbocycles. The molecule has 0 unspecified atom stereocenters. The Morgan fingerprint density at radius 1 is 1.30 bits per heavy atom. The summed E-state index contributed by atoms with van der Waals surface area (Å²) in [5, 5.41) is 8.18. The van der Waals surface area contributed by atoms with Crippen LogP contribution in [0.3, 0.4) is 0 Å². The van der Waals surface area contributed by atoms with Gasteiger partial charge in [-0.1, -0.05) is 29.3 Å². The Hall–Kier alpha value is -2.32. The van der Waals surface area contributed by atoms with Gasteiger partial charge < -0.3 is 16.0 Å². The van der Waals surface area contributed by atoms with Crippen molar-refractivity contribution in [3.63, 3.8) is 0 Å². The number of carbonyl (C=O) groups excluding carboxylic acids is 4. The summed E-state index contributed by atoms with van der Waals surface area (Å²) < 4.78 is 0. The van der Waals surface area contributed by atoms with E-state index in [-0.39, 0.29) is 10.9 Å². The zero-order chi connectivity index (χ0) is 20.4. The minimum Gasteiger partial charge on any atom is -0.355 e. The SMILES string of the molecule is CCNC(=O)[C@@H](C)NC(=O)CN1C(=O)N[C@@](C)(c2ccc(Cl)cc2Cl)C1=O. The minimum atomic E-state index is -1.43. The second kappa shape index (κ2) is 8.14. The van der Waals surface area contributed by atoms with Gasteiger partial charge in [-0.05, 0) is 32.9 Å². The van der Waals surface area contributed by atoms with Crippen molar-refractivity contribution in [2.45, 2.75) is 32.4 Å². The van der Waals surface area contributed by atoms with Crippen LogP contribution in [0.1, 0.15) is 26.3 Å². The second-order valence-corrected chi connectivity index (χ2v) is 7.10. The number of rotatable bonds is 6. The summed E-state index contributed by atoms with van der Waals surface area (Å²) >= 11 is 12.0. The lowest BCUT2D eigenvalue weighted by molar-refractivity contribution is -0.135. The van der Waals surface area contributed by atoms with Gasteiger partial charge in [-0.3, -0.25) is 19.3 Å². The molecule has 0 bridgehead atoms. The van der Waals surface area contributed by atoms with E-state index in [1.54, 1.807) is 19.1 Å². The van der Waals surface area contributed by atoms with Gasteiger partial charge in [0.1, 0.15) is 18.1 Å². The summed E-state index contributed by atoms with van der Waals surface area (Å²) in [5.74, 6) is -1.62. The van der Waals surface area contributed by atoms with Gasteiger partial charge in [-0.25, -0.2) is 4.79 Å². The molecule has 8 nitrogen and oxygen atoms in total. The van der Waals surface area contributed by atoms with Crippen LogP contribution in [0.15, 0.2) is 18.2 Å². The number of hydrogen-bond acceptors (Lipinski definition) is 4. The van der Waals surface area contributed by atoms with Crippen LogP contribution < -0.4 is 16.0 Å². The van der Waals surface area contributed by atoms with Crippen molar-refractivity contribution in [3.8, 4) is 0 Å². The zero-order valence-electron chi connectivity index (χ0n) is 15.1. The lowest BCUT2D eigenvalue weighted by Gasteiger charge is -2.23. The molecule has 2 rings (SSSR count). The van der Waals surface area contributed by atoms with E-state index >= 15 is 0 Å². The first kappa shape index (κ1) is 21.0. The molecule has 1 aliphatic heterocycles. The third-order valence-corrected chi connectivity index (χ3v) is 4.72. The highest BCUT2D eigenvalue weighted by Gasteiger charge is 2.50. The molecule has 1 heterocycles. The van der Waals surface area contributed by atoms with Crippen molar-refractivity contribution < 1.29 is 19.2 Å². The van der Waals surface area contributed by atoms with E-state index in [2.05, 4.69) is 16.0 Å². The van der Waals surface area contributed by atoms with Gasteiger partial charge in [-0.15, -0.1) is 0 Å². The molecule has 0 spiro atoms. The van der Waals surface area contributed by atoms with Gasteiger partial charge in [0.15, 0.2) is 0 Å². The summed E-state index contributed by atoms with van der Waals surface area (Å²) in [5.41, 5.74) is -1.06. The molecule has 0 radical (unpaired) electrons. The monoisotopic (exact) mass is 414 g/mol. The van der Waals surface area contributed by atoms with E-state index in [1.807, 2.05) is 0 Å². The molecule has 146 valence electrons. The Morgan fingerprint density at radius 3 is 2.56 bits per heavy atom. The second-order valence-electron chi connectivity index (χ2n) is 6.25. The third-order valence-electron chi connectivity index (χ3n) is 4.17. The predicted molar refractivity (Wildman–Crippen MR) is 100 cm³/mol. The highest BCUT2D eigenvalue weighted by molar-refractivity contribution is 6.35. The van der Waals surface area contributed by atoms with Crippen LogP contribution in [0.4, 0.5) is 4.79 Å². The number of nitrogens with zero attached hydrogens (tertiary/aromatic N) is 1. The maximum absolute atomic E-state index is 12.8. The highest BCUT2D eigenvalue weighted by atomic mass is 35.5. The van der Waals surface area contributed by atoms with Crippen molar-refractivity contribution in [1.29, 1.82) is 0 Å². The van der Waals surface area contributed by atoms with Gasteiger partial charge in [-0.2, -0.15) is 0 Å². The first-order valence-corrected chi connectivity index (χ1v) is 9.02. The molecule has 10 heteroatoms. The molecule has 0 aromatic heterocycles. The van der Waals surface area contributed by atoms with Crippen molar-refractivity contribution >= 4 is 47.0 Å². The van der Waals surface area contributed by atoms with E-state index in [1.165, 1.54) is 19.9 Å². The number of benzene rings is 1. The maximum atomic E-state index is 12.8. The summed E-state index contributed by atoms with van der Waals surface area (Å²) in [7, 11) is 0. The zero-order valence-corrected chi connectivity index (χ0v) is 16.6. The van der Waals surface area contributed by atoms with E-state index in [9.17, 15) is 19.2 Å². The summed E-state index contributed by atoms with van der Waals surface area (Å²) in [6.45, 7) is 4.66. The fourth-order valence-electron chi connectivity index (χ4n) is 2.74. The number of carbonyl (C=O) groups is 4. The maximum Gasteiger partial charge on any atom is 0.325 e. The van der Waals surface area contributed by atoms with Gasteiger partial charge in [0.05, 0.1) is 0 Å². The number of halogens is 2. The fourth-order valence-corrected chi connectivity index (χ4v) is 3.34. The largest absolute Gasteiger partial charge is 0.355 e. The van der Waals surface area contributed by atoms with Gasteiger partial charge in [0, 0.05) is 22.2 Å². The predicted octanol–water partition coefficient (Wildman–Crippen LogP) is 1.40. The summed E-state index contributed by atoms with van der Waals surface area (Å²) in [4.78, 5) is 49.7. The smallest absolute Gasteiger partial charge is 0.325 e. The number of nitrogens with one attached hydrogen (secondary N) is 3. The first-order valence-electron chi connectivity index (χ1n) is 8.26. The molecule has 1 aliphatic rings. The van der Waals surface area contributed by atoms with Crippen LogP contribution in [-0.4, -0.2) is 47.8 Å². The van der Waals surface area contributed by atoms with Crippen LogP contribution in [0.25, 0.3) is 0 Å². The Bertz CT molecular complexity index is 801. The lowest BCUT2D eigenvalue weighted by atomic mass is 9.92. The van der Waals surface area contributed by atoms with Crippen molar-refractivity contribution in [1.82, 2.24) is 20.9 Å². The Labute approximate surface area is 166 Å². The highest BCUT2D eigenvalue weighted by Crippen LogP contribution is 2.34. The molecule has 0 aliphatic carbocycles. The van der Waals surface area contributed by atoms with E-state index in [0.29, 0.717) is 17.1 Å². The normalized spacial score (nSPS) is 20.3. The molecular weight excluding hydrogens is 395 g/mol. The Kier molecular flexibility index (Phi) is 6.33. The van der Waals surface area contributed by atoms with Crippen LogP contribution >= 0.6 is 23.2 Å². The number of likely N-dealkylation sites (N-methyl/N-ethyl adjacent to an activating group) is 1. The fraction of sp³-hybridized carbons (Fsp3) is 0.412. The standard InChI is InChI=1S/C17H20Cl2N4O4/c1-4-20-14(25)9(2)21-13(24)8-23-15(26)17(3,22-16(23)27)11-6-5-10(18)7-12(11)19/h5-7,9H,4,8H2,1-3H3,(H,20,25)(H,21,24)(H,22,27)/t9-,17+/m1/s1. The van der Waals surface area contributed by atoms with E-state index in [4.69, 9.17) is 23.2 Å². The number of urea groups is 1. The molecule has 3 N–H and O–H groups in total. The van der Waals surface area contributed by atoms with Crippen LogP contribution in [0, 0.1) is 0 Å². The quantitative estimate of drug-likeness (QED) is 0.611. The Morgan fingerprint density at radius 2 is 1.96 bits per heavy atom. The van der Waals surface area contributed by atoms with Crippen LogP contribution in [-0.2, 0) is 19.9 Å². The van der Waals surface area contributed by atoms with E-state index in [0.717, 1.165) is 4.90 Å². The number of imide groups is 1. The first-order chi connectivity index (χ1) is 12.6. The molecule has 5 amide bonds. The van der Waals surface area contributed by atoms with Crippen molar-refractivity contribution in [2.24, 2.45) is 0 Å². The topological polar surface area (TPSA) is 108 Å². The van der Waals surface area contributed by atoms with Gasteiger partial charge >= 0.3 is 6.03 Å². The molecule has 27 heavy (non-hydrogen) atoms. The average molecular weight is 415 g/mol. The van der Waals surface area contributed by atoms with Crippen molar-refractivity contribution in [3.05, 3.63) is 33.8 Å². The minimum absolute atomic E-state index is 0.217. The summed E-state index contributed by atoms with van der Waals surface area (Å²) in [6.07, 6.45) is 0. The number of amides is 5. The molecule has 1 fully saturated rings. The molecule has 1 saturated heterocycles. The van der Waals surface area contributed by atoms with Crippen LogP contribution in [0.5, 0.6) is 0 Å². The van der Waals surface area contributed by atoms with Crippen molar-refractivity contribution in [2.75, 3.05) is 13.1 Å². The molecule has 1 aromatic carbocycles. The lowest BCUT2D eigenvalue weighted by Crippen LogP contribution is -2.49. The third kappa shape index (κ3) is 4.33. The van der Waals surface area contributed by atoms with Gasteiger partial charge in [0.2, 0.25) is 11.8 Å². The van der Waals surface area contributed by atoms with E-state index < -0.39 is 36.0 Å². The van der Waals surface area contributed by atoms with Crippen LogP contribution in [0.2, 0.25) is 10.0 Å². The van der Waals surface area contributed by atoms with Gasteiger partial charge in [0.25, 0.3) is 5.91 Å².